The highest BCUT2D eigenvalue weighted by atomic mass is 35.5. The summed E-state index contributed by atoms with van der Waals surface area (Å²) in [6.45, 7) is 2.34. The lowest BCUT2D eigenvalue weighted by molar-refractivity contribution is 0.544. The molecule has 2 nitrogen and oxygen atoms in total. The molecule has 1 atom stereocenters. The molecule has 0 aliphatic rings. The van der Waals surface area contributed by atoms with Crippen molar-refractivity contribution < 1.29 is 4.39 Å². The van der Waals surface area contributed by atoms with E-state index in [2.05, 4.69) is 5.32 Å². The lowest BCUT2D eigenvalue weighted by Crippen LogP contribution is -2.18. The molecule has 1 N–H and O–H groups in total. The van der Waals surface area contributed by atoms with E-state index >= 15 is 0 Å². The number of hydrogen-bond donors (Lipinski definition) is 1. The van der Waals surface area contributed by atoms with E-state index < -0.39 is 0 Å². The van der Waals surface area contributed by atoms with E-state index in [4.69, 9.17) is 16.9 Å². The minimum Gasteiger partial charge on any atom is -0.306 e. The average molecular weight is 289 g/mol. The minimum atomic E-state index is -0.310. The molecule has 0 aliphatic carbocycles. The molecule has 0 saturated heterocycles. The van der Waals surface area contributed by atoms with Crippen LogP contribution in [0.25, 0.3) is 0 Å². The van der Waals surface area contributed by atoms with Crippen molar-refractivity contribution >= 4 is 11.6 Å². The van der Waals surface area contributed by atoms with Crippen LogP contribution in [-0.4, -0.2) is 0 Å². The van der Waals surface area contributed by atoms with Gasteiger partial charge in [0.2, 0.25) is 0 Å². The molecule has 20 heavy (non-hydrogen) atoms. The molecular formula is C16H14ClFN2. The fourth-order valence-corrected chi connectivity index (χ4v) is 2.14. The van der Waals surface area contributed by atoms with Crippen molar-refractivity contribution in [3.05, 3.63) is 70.0 Å². The normalized spacial score (nSPS) is 11.9. The summed E-state index contributed by atoms with van der Waals surface area (Å²) in [7, 11) is 0. The van der Waals surface area contributed by atoms with Crippen LogP contribution in [0.1, 0.15) is 29.7 Å². The van der Waals surface area contributed by atoms with Crippen molar-refractivity contribution in [2.45, 2.75) is 19.5 Å². The monoisotopic (exact) mass is 288 g/mol. The second kappa shape index (κ2) is 6.51. The molecule has 0 spiro atoms. The van der Waals surface area contributed by atoms with E-state index in [0.717, 1.165) is 5.56 Å². The van der Waals surface area contributed by atoms with Gasteiger partial charge in [0.15, 0.2) is 0 Å². The highest BCUT2D eigenvalue weighted by Gasteiger charge is 2.08. The smallest absolute Gasteiger partial charge is 0.127 e. The summed E-state index contributed by atoms with van der Waals surface area (Å²) >= 11 is 5.95. The molecular weight excluding hydrogens is 275 g/mol. The fourth-order valence-electron chi connectivity index (χ4n) is 1.94. The third-order valence-electron chi connectivity index (χ3n) is 3.12. The molecule has 102 valence electrons. The number of nitriles is 1. The Hall–Kier alpha value is -1.89. The molecule has 4 heteroatoms. The van der Waals surface area contributed by atoms with Crippen molar-refractivity contribution in [3.8, 4) is 6.07 Å². The molecule has 0 saturated carbocycles. The molecule has 0 fully saturated rings. The molecule has 0 aromatic heterocycles. The van der Waals surface area contributed by atoms with Crippen molar-refractivity contribution in [2.75, 3.05) is 0 Å². The maximum atomic E-state index is 13.7. The summed E-state index contributed by atoms with van der Waals surface area (Å²) in [5.41, 5.74) is 1.98. The van der Waals surface area contributed by atoms with Gasteiger partial charge in [0.25, 0.3) is 0 Å². The zero-order valence-electron chi connectivity index (χ0n) is 11.0. The molecule has 0 bridgehead atoms. The Bertz CT molecular complexity index is 649. The van der Waals surface area contributed by atoms with Gasteiger partial charge >= 0.3 is 0 Å². The quantitative estimate of drug-likeness (QED) is 0.915. The second-order valence-corrected chi connectivity index (χ2v) is 5.01. The van der Waals surface area contributed by atoms with Gasteiger partial charge in [-0.15, -0.1) is 0 Å². The van der Waals surface area contributed by atoms with Gasteiger partial charge in [-0.1, -0.05) is 23.7 Å². The predicted molar refractivity (Wildman–Crippen MR) is 77.8 cm³/mol. The Balaban J connectivity index is 2.07. The van der Waals surface area contributed by atoms with E-state index in [0.29, 0.717) is 22.7 Å². The number of halogens is 2. The molecule has 0 amide bonds. The first-order valence-electron chi connectivity index (χ1n) is 6.27. The van der Waals surface area contributed by atoms with E-state index in [1.807, 2.05) is 37.3 Å². The van der Waals surface area contributed by atoms with E-state index in [9.17, 15) is 4.39 Å². The second-order valence-electron chi connectivity index (χ2n) is 4.58. The molecule has 2 rings (SSSR count). The van der Waals surface area contributed by atoms with Crippen LogP contribution < -0.4 is 5.32 Å². The topological polar surface area (TPSA) is 35.8 Å². The standard InChI is InChI=1S/C16H14ClFN2/c1-11(13-3-2-4-15(17)8-13)20-10-14-7-12(9-19)5-6-16(14)18/h2-8,11,20H,10H2,1H3. The first-order chi connectivity index (χ1) is 9.60. The fraction of sp³-hybridized carbons (Fsp3) is 0.188. The summed E-state index contributed by atoms with van der Waals surface area (Å²) in [5, 5.41) is 12.7. The largest absolute Gasteiger partial charge is 0.306 e. The van der Waals surface area contributed by atoms with Crippen molar-refractivity contribution in [2.24, 2.45) is 0 Å². The number of nitrogens with one attached hydrogen (secondary N) is 1. The van der Waals surface area contributed by atoms with Crippen LogP contribution in [-0.2, 0) is 6.54 Å². The van der Waals surface area contributed by atoms with Crippen LogP contribution in [0, 0.1) is 17.1 Å². The van der Waals surface area contributed by atoms with Gasteiger partial charge in [-0.05, 0) is 42.8 Å². The number of hydrogen-bond acceptors (Lipinski definition) is 2. The lowest BCUT2D eigenvalue weighted by Gasteiger charge is -2.15. The van der Waals surface area contributed by atoms with Crippen LogP contribution in [0.2, 0.25) is 5.02 Å². The third kappa shape index (κ3) is 3.57. The molecule has 0 aliphatic heterocycles. The van der Waals surface area contributed by atoms with Gasteiger partial charge in [-0.25, -0.2) is 4.39 Å². The van der Waals surface area contributed by atoms with Gasteiger partial charge in [0.05, 0.1) is 11.6 Å². The molecule has 1 unspecified atom stereocenters. The molecule has 2 aromatic carbocycles. The van der Waals surface area contributed by atoms with Crippen LogP contribution in [0.3, 0.4) is 0 Å². The minimum absolute atomic E-state index is 0.0406. The maximum Gasteiger partial charge on any atom is 0.127 e. The van der Waals surface area contributed by atoms with Crippen LogP contribution in [0.15, 0.2) is 42.5 Å². The van der Waals surface area contributed by atoms with Gasteiger partial charge in [0, 0.05) is 23.2 Å². The summed E-state index contributed by atoms with van der Waals surface area (Å²) in [6.07, 6.45) is 0. The molecule has 2 aromatic rings. The Labute approximate surface area is 122 Å². The van der Waals surface area contributed by atoms with E-state index in [1.165, 1.54) is 12.1 Å². The van der Waals surface area contributed by atoms with E-state index in [-0.39, 0.29) is 11.9 Å². The zero-order valence-corrected chi connectivity index (χ0v) is 11.8. The lowest BCUT2D eigenvalue weighted by atomic mass is 10.1. The Morgan fingerprint density at radius 1 is 1.30 bits per heavy atom. The number of benzene rings is 2. The molecule has 0 heterocycles. The SMILES string of the molecule is CC(NCc1cc(C#N)ccc1F)c1cccc(Cl)c1. The van der Waals surface area contributed by atoms with Gasteiger partial charge < -0.3 is 5.32 Å². The summed E-state index contributed by atoms with van der Waals surface area (Å²) in [4.78, 5) is 0. The summed E-state index contributed by atoms with van der Waals surface area (Å²) in [6, 6.07) is 13.9. The highest BCUT2D eigenvalue weighted by Crippen LogP contribution is 2.18. The number of nitrogens with zero attached hydrogens (tertiary/aromatic N) is 1. The summed E-state index contributed by atoms with van der Waals surface area (Å²) in [5.74, 6) is -0.310. The van der Waals surface area contributed by atoms with E-state index in [1.54, 1.807) is 6.07 Å². The summed E-state index contributed by atoms with van der Waals surface area (Å²) < 4.78 is 13.7. The Kier molecular flexibility index (Phi) is 4.73. The predicted octanol–water partition coefficient (Wildman–Crippen LogP) is 4.20. The van der Waals surface area contributed by atoms with Gasteiger partial charge in [0.1, 0.15) is 5.82 Å². The van der Waals surface area contributed by atoms with Crippen molar-refractivity contribution in [3.63, 3.8) is 0 Å². The third-order valence-corrected chi connectivity index (χ3v) is 3.36. The van der Waals surface area contributed by atoms with Crippen molar-refractivity contribution in [1.29, 1.82) is 5.26 Å². The van der Waals surface area contributed by atoms with Crippen molar-refractivity contribution in [1.82, 2.24) is 5.32 Å². The van der Waals surface area contributed by atoms with Crippen LogP contribution in [0.5, 0.6) is 0 Å². The Morgan fingerprint density at radius 2 is 2.10 bits per heavy atom. The maximum absolute atomic E-state index is 13.7. The van der Waals surface area contributed by atoms with Gasteiger partial charge in [-0.2, -0.15) is 5.26 Å². The zero-order chi connectivity index (χ0) is 14.5. The Morgan fingerprint density at radius 3 is 2.80 bits per heavy atom. The first kappa shape index (κ1) is 14.5. The highest BCUT2D eigenvalue weighted by molar-refractivity contribution is 6.30. The average Bonchev–Trinajstić information content (AvgIpc) is 2.46. The molecule has 0 radical (unpaired) electrons. The van der Waals surface area contributed by atoms with Crippen LogP contribution >= 0.6 is 11.6 Å². The van der Waals surface area contributed by atoms with Gasteiger partial charge in [-0.3, -0.25) is 0 Å². The first-order valence-corrected chi connectivity index (χ1v) is 6.65. The number of rotatable bonds is 4. The van der Waals surface area contributed by atoms with Crippen LogP contribution in [0.4, 0.5) is 4.39 Å².